The van der Waals surface area contributed by atoms with Gasteiger partial charge in [0.05, 0.1) is 5.41 Å². The van der Waals surface area contributed by atoms with E-state index in [1.54, 1.807) is 0 Å². The molecule has 0 spiro atoms. The van der Waals surface area contributed by atoms with Crippen LogP contribution in [0.4, 0.5) is 5.69 Å². The zero-order chi connectivity index (χ0) is 13.2. The fourth-order valence-electron chi connectivity index (χ4n) is 1.81. The van der Waals surface area contributed by atoms with Crippen molar-refractivity contribution in [3.8, 4) is 0 Å². The maximum atomic E-state index is 11.0. The standard InChI is InChI=1S/C14H19NO2S/c1-10(2)18-12-5-3-11(4-6-12)15-9-14(7-8-14)13(16)17/h3-6,10,15H,7-9H2,1-2H3,(H,16,17). The quantitative estimate of drug-likeness (QED) is 0.773. The summed E-state index contributed by atoms with van der Waals surface area (Å²) in [4.78, 5) is 12.3. The summed E-state index contributed by atoms with van der Waals surface area (Å²) in [6, 6.07) is 8.19. The topological polar surface area (TPSA) is 49.3 Å². The molecular formula is C14H19NO2S. The van der Waals surface area contributed by atoms with E-state index in [1.807, 2.05) is 23.9 Å². The SMILES string of the molecule is CC(C)Sc1ccc(NCC2(C(=O)O)CC2)cc1. The Morgan fingerprint density at radius 1 is 1.39 bits per heavy atom. The molecule has 2 N–H and O–H groups in total. The highest BCUT2D eigenvalue weighted by Gasteiger charge is 2.49. The first kappa shape index (κ1) is 13.3. The molecule has 1 aliphatic rings. The first-order valence-corrected chi connectivity index (χ1v) is 7.14. The molecule has 0 bridgehead atoms. The summed E-state index contributed by atoms with van der Waals surface area (Å²) in [6.07, 6.45) is 1.58. The van der Waals surface area contributed by atoms with Gasteiger partial charge in [0.1, 0.15) is 0 Å². The van der Waals surface area contributed by atoms with Crippen LogP contribution in [-0.4, -0.2) is 22.9 Å². The van der Waals surface area contributed by atoms with Crippen molar-refractivity contribution in [3.63, 3.8) is 0 Å². The van der Waals surface area contributed by atoms with Gasteiger partial charge in [0.25, 0.3) is 0 Å². The fraction of sp³-hybridized carbons (Fsp3) is 0.500. The van der Waals surface area contributed by atoms with Gasteiger partial charge in [0.2, 0.25) is 0 Å². The molecule has 1 aromatic carbocycles. The Morgan fingerprint density at radius 3 is 2.44 bits per heavy atom. The molecule has 0 heterocycles. The number of anilines is 1. The number of benzene rings is 1. The Kier molecular flexibility index (Phi) is 3.85. The van der Waals surface area contributed by atoms with Crippen molar-refractivity contribution in [2.45, 2.75) is 36.8 Å². The summed E-state index contributed by atoms with van der Waals surface area (Å²) in [5, 5.41) is 12.9. The number of hydrogen-bond donors (Lipinski definition) is 2. The second-order valence-corrected chi connectivity index (χ2v) is 6.78. The van der Waals surface area contributed by atoms with Crippen LogP contribution in [-0.2, 0) is 4.79 Å². The maximum absolute atomic E-state index is 11.0. The number of carbonyl (C=O) groups is 1. The van der Waals surface area contributed by atoms with Gasteiger partial charge in [-0.25, -0.2) is 0 Å². The summed E-state index contributed by atoms with van der Waals surface area (Å²) < 4.78 is 0. The van der Waals surface area contributed by atoms with Crippen molar-refractivity contribution >= 4 is 23.4 Å². The van der Waals surface area contributed by atoms with Crippen molar-refractivity contribution < 1.29 is 9.90 Å². The van der Waals surface area contributed by atoms with Gasteiger partial charge in [-0.3, -0.25) is 4.79 Å². The van der Waals surface area contributed by atoms with Crippen LogP contribution in [0.5, 0.6) is 0 Å². The molecule has 3 nitrogen and oxygen atoms in total. The first-order chi connectivity index (χ1) is 8.52. The highest BCUT2D eigenvalue weighted by molar-refractivity contribution is 7.99. The van der Waals surface area contributed by atoms with Crippen LogP contribution in [0.15, 0.2) is 29.2 Å². The molecule has 0 aromatic heterocycles. The van der Waals surface area contributed by atoms with Gasteiger partial charge in [-0.2, -0.15) is 0 Å². The summed E-state index contributed by atoms with van der Waals surface area (Å²) in [5.41, 5.74) is 0.487. The van der Waals surface area contributed by atoms with E-state index in [9.17, 15) is 4.79 Å². The zero-order valence-electron chi connectivity index (χ0n) is 10.8. The van der Waals surface area contributed by atoms with E-state index >= 15 is 0 Å². The Bertz CT molecular complexity index is 424. The average Bonchev–Trinajstić information content (AvgIpc) is 3.08. The third-order valence-corrected chi connectivity index (χ3v) is 4.18. The smallest absolute Gasteiger partial charge is 0.311 e. The minimum atomic E-state index is -0.679. The van der Waals surface area contributed by atoms with Gasteiger partial charge in [0, 0.05) is 22.4 Å². The van der Waals surface area contributed by atoms with Crippen molar-refractivity contribution in [1.82, 2.24) is 0 Å². The predicted molar refractivity (Wildman–Crippen MR) is 75.2 cm³/mol. The average molecular weight is 265 g/mol. The zero-order valence-corrected chi connectivity index (χ0v) is 11.6. The fourth-order valence-corrected chi connectivity index (χ4v) is 2.65. The highest BCUT2D eigenvalue weighted by Crippen LogP contribution is 2.45. The van der Waals surface area contributed by atoms with Gasteiger partial charge in [-0.15, -0.1) is 11.8 Å². The lowest BCUT2D eigenvalue weighted by molar-refractivity contribution is -0.142. The van der Waals surface area contributed by atoms with E-state index in [2.05, 4.69) is 31.3 Å². The van der Waals surface area contributed by atoms with E-state index in [0.717, 1.165) is 18.5 Å². The van der Waals surface area contributed by atoms with Crippen LogP contribution in [0.2, 0.25) is 0 Å². The van der Waals surface area contributed by atoms with Crippen LogP contribution in [0.25, 0.3) is 0 Å². The largest absolute Gasteiger partial charge is 0.481 e. The monoisotopic (exact) mass is 265 g/mol. The van der Waals surface area contributed by atoms with E-state index < -0.39 is 11.4 Å². The lowest BCUT2D eigenvalue weighted by atomic mass is 10.1. The van der Waals surface area contributed by atoms with Gasteiger partial charge in [-0.05, 0) is 37.1 Å². The Morgan fingerprint density at radius 2 is 2.00 bits per heavy atom. The van der Waals surface area contributed by atoms with Gasteiger partial charge >= 0.3 is 5.97 Å². The van der Waals surface area contributed by atoms with Crippen LogP contribution < -0.4 is 5.32 Å². The molecule has 1 saturated carbocycles. The Balaban J connectivity index is 1.89. The van der Waals surface area contributed by atoms with Crippen molar-refractivity contribution in [2.75, 3.05) is 11.9 Å². The molecule has 0 radical (unpaired) electrons. The van der Waals surface area contributed by atoms with Gasteiger partial charge in [-0.1, -0.05) is 13.8 Å². The number of aliphatic carboxylic acids is 1. The molecule has 98 valence electrons. The predicted octanol–water partition coefficient (Wildman–Crippen LogP) is 3.46. The minimum Gasteiger partial charge on any atom is -0.481 e. The molecule has 0 unspecified atom stereocenters. The molecule has 2 rings (SSSR count). The van der Waals surface area contributed by atoms with Crippen molar-refractivity contribution in [1.29, 1.82) is 0 Å². The lowest BCUT2D eigenvalue weighted by Gasteiger charge is -2.12. The third-order valence-electron chi connectivity index (χ3n) is 3.16. The summed E-state index contributed by atoms with van der Waals surface area (Å²) in [7, 11) is 0. The van der Waals surface area contributed by atoms with E-state index in [0.29, 0.717) is 11.8 Å². The maximum Gasteiger partial charge on any atom is 0.311 e. The molecule has 1 aliphatic carbocycles. The second-order valence-electron chi connectivity index (χ2n) is 5.13. The van der Waals surface area contributed by atoms with Gasteiger partial charge < -0.3 is 10.4 Å². The number of rotatable bonds is 6. The number of carboxylic acids is 1. The second kappa shape index (κ2) is 5.22. The summed E-state index contributed by atoms with van der Waals surface area (Å²) in [5.74, 6) is -0.679. The Labute approximate surface area is 112 Å². The van der Waals surface area contributed by atoms with Crippen LogP contribution in [0.1, 0.15) is 26.7 Å². The summed E-state index contributed by atoms with van der Waals surface area (Å²) >= 11 is 1.83. The lowest BCUT2D eigenvalue weighted by Crippen LogP contribution is -2.24. The number of nitrogens with one attached hydrogen (secondary N) is 1. The van der Waals surface area contributed by atoms with Gasteiger partial charge in [0.15, 0.2) is 0 Å². The van der Waals surface area contributed by atoms with E-state index in [-0.39, 0.29) is 0 Å². The first-order valence-electron chi connectivity index (χ1n) is 6.26. The Hall–Kier alpha value is -1.16. The van der Waals surface area contributed by atoms with E-state index in [1.165, 1.54) is 4.90 Å². The molecule has 0 aliphatic heterocycles. The molecule has 4 heteroatoms. The van der Waals surface area contributed by atoms with Crippen LogP contribution in [0, 0.1) is 5.41 Å². The molecule has 1 fully saturated rings. The summed E-state index contributed by atoms with van der Waals surface area (Å²) in [6.45, 7) is 4.86. The third kappa shape index (κ3) is 3.19. The molecule has 0 amide bonds. The van der Waals surface area contributed by atoms with Crippen LogP contribution in [0.3, 0.4) is 0 Å². The number of thioether (sulfide) groups is 1. The molecular weight excluding hydrogens is 246 g/mol. The van der Waals surface area contributed by atoms with Crippen molar-refractivity contribution in [2.24, 2.45) is 5.41 Å². The normalized spacial score (nSPS) is 16.6. The highest BCUT2D eigenvalue weighted by atomic mass is 32.2. The van der Waals surface area contributed by atoms with E-state index in [4.69, 9.17) is 5.11 Å². The minimum absolute atomic E-state index is 0.509. The number of hydrogen-bond acceptors (Lipinski definition) is 3. The van der Waals surface area contributed by atoms with Crippen molar-refractivity contribution in [3.05, 3.63) is 24.3 Å². The number of carboxylic acid groups (broad SMARTS) is 1. The molecule has 18 heavy (non-hydrogen) atoms. The van der Waals surface area contributed by atoms with Crippen LogP contribution >= 0.6 is 11.8 Å². The molecule has 1 aromatic rings. The molecule has 0 atom stereocenters. The molecule has 0 saturated heterocycles.